The average Bonchev–Trinajstić information content (AvgIpc) is 2.46. The maximum Gasteiger partial charge on any atom is 0.282 e. The molecule has 1 aromatic carbocycles. The quantitative estimate of drug-likeness (QED) is 0.773. The Morgan fingerprint density at radius 1 is 1.24 bits per heavy atom. The zero-order valence-electron chi connectivity index (χ0n) is 10.7. The van der Waals surface area contributed by atoms with Gasteiger partial charge in [-0.15, -0.1) is 0 Å². The first-order valence-corrected chi connectivity index (χ1v) is 6.48. The maximum atomic E-state index is 12.4. The number of aromatic hydroxyl groups is 1. The van der Waals surface area contributed by atoms with Crippen molar-refractivity contribution in [1.29, 1.82) is 0 Å². The van der Waals surface area contributed by atoms with Gasteiger partial charge in [0.1, 0.15) is 6.33 Å². The molecule has 0 bridgehead atoms. The second-order valence-corrected chi connectivity index (χ2v) is 4.95. The standard InChI is InChI=1S/C14H10ClN3O3/c15-10-3-1-2-9(6-10)7-17-8-16-18-5-4-11(19)13(20)12(18)14(17)21/h1-6,8,20H,7H2. The van der Waals surface area contributed by atoms with Crippen molar-refractivity contribution in [2.75, 3.05) is 0 Å². The molecule has 6 nitrogen and oxygen atoms in total. The number of fused-ring (bicyclic) bond motifs is 1. The molecule has 2 aromatic heterocycles. The van der Waals surface area contributed by atoms with Gasteiger partial charge in [0.25, 0.3) is 5.56 Å². The Kier molecular flexibility index (Phi) is 3.23. The van der Waals surface area contributed by atoms with E-state index in [1.54, 1.807) is 18.2 Å². The van der Waals surface area contributed by atoms with Gasteiger partial charge in [0.05, 0.1) is 6.54 Å². The van der Waals surface area contributed by atoms with Crippen LogP contribution >= 0.6 is 11.6 Å². The molecule has 0 aliphatic heterocycles. The van der Waals surface area contributed by atoms with Crippen LogP contribution in [0.15, 0.2) is 52.4 Å². The highest BCUT2D eigenvalue weighted by Crippen LogP contribution is 2.12. The minimum atomic E-state index is -0.616. The van der Waals surface area contributed by atoms with Crippen LogP contribution in [0.2, 0.25) is 5.02 Å². The second-order valence-electron chi connectivity index (χ2n) is 4.52. The molecule has 0 radical (unpaired) electrons. The van der Waals surface area contributed by atoms with E-state index in [4.69, 9.17) is 11.6 Å². The van der Waals surface area contributed by atoms with Crippen LogP contribution in [0.25, 0.3) is 5.52 Å². The van der Waals surface area contributed by atoms with Gasteiger partial charge in [-0.1, -0.05) is 23.7 Å². The molecule has 7 heteroatoms. The Morgan fingerprint density at radius 3 is 2.81 bits per heavy atom. The van der Waals surface area contributed by atoms with Gasteiger partial charge in [-0.05, 0) is 17.7 Å². The lowest BCUT2D eigenvalue weighted by molar-refractivity contribution is 0.470. The van der Waals surface area contributed by atoms with Crippen molar-refractivity contribution in [1.82, 2.24) is 14.2 Å². The van der Waals surface area contributed by atoms with E-state index < -0.39 is 16.7 Å². The molecule has 0 aliphatic carbocycles. The lowest BCUT2D eigenvalue weighted by Crippen LogP contribution is -2.25. The van der Waals surface area contributed by atoms with Crippen molar-refractivity contribution in [2.24, 2.45) is 0 Å². The number of halogens is 1. The molecule has 21 heavy (non-hydrogen) atoms. The summed E-state index contributed by atoms with van der Waals surface area (Å²) in [5, 5.41) is 14.3. The fourth-order valence-electron chi connectivity index (χ4n) is 2.06. The molecule has 3 rings (SSSR count). The van der Waals surface area contributed by atoms with Crippen molar-refractivity contribution in [3.05, 3.63) is 74.0 Å². The predicted molar refractivity (Wildman–Crippen MR) is 77.9 cm³/mol. The summed E-state index contributed by atoms with van der Waals surface area (Å²) in [7, 11) is 0. The molecule has 0 saturated carbocycles. The predicted octanol–water partition coefficient (Wildman–Crippen LogP) is 1.26. The number of rotatable bonds is 2. The molecule has 0 fully saturated rings. The SMILES string of the molecule is O=c1ccn2ncn(Cc3cccc(Cl)c3)c(=O)c2c1O. The summed E-state index contributed by atoms with van der Waals surface area (Å²) in [5.74, 6) is -0.601. The van der Waals surface area contributed by atoms with E-state index in [1.807, 2.05) is 6.07 Å². The highest BCUT2D eigenvalue weighted by atomic mass is 35.5. The number of nitrogens with zero attached hydrogens (tertiary/aromatic N) is 3. The maximum absolute atomic E-state index is 12.4. The van der Waals surface area contributed by atoms with Crippen LogP contribution in [0, 0.1) is 0 Å². The Labute approximate surface area is 123 Å². The fraction of sp³-hybridized carbons (Fsp3) is 0.0714. The van der Waals surface area contributed by atoms with E-state index in [0.29, 0.717) is 5.02 Å². The van der Waals surface area contributed by atoms with Crippen molar-refractivity contribution in [3.8, 4) is 5.75 Å². The molecule has 0 aliphatic rings. The molecule has 0 saturated heterocycles. The molecule has 106 valence electrons. The minimum Gasteiger partial charge on any atom is -0.502 e. The van der Waals surface area contributed by atoms with Gasteiger partial charge in [0, 0.05) is 17.3 Å². The molecule has 0 unspecified atom stereocenters. The number of pyridine rings is 1. The molecular formula is C14H10ClN3O3. The van der Waals surface area contributed by atoms with Crippen molar-refractivity contribution >= 4 is 17.1 Å². The lowest BCUT2D eigenvalue weighted by atomic mass is 10.2. The van der Waals surface area contributed by atoms with Crippen LogP contribution in [0.3, 0.4) is 0 Å². The van der Waals surface area contributed by atoms with Crippen LogP contribution in [0.4, 0.5) is 0 Å². The highest BCUT2D eigenvalue weighted by Gasteiger charge is 2.11. The highest BCUT2D eigenvalue weighted by molar-refractivity contribution is 6.30. The van der Waals surface area contributed by atoms with Gasteiger partial charge in [0.15, 0.2) is 11.3 Å². The van der Waals surface area contributed by atoms with E-state index in [0.717, 1.165) is 11.6 Å². The van der Waals surface area contributed by atoms with Gasteiger partial charge in [-0.25, -0.2) is 4.52 Å². The Hall–Kier alpha value is -2.60. The normalized spacial score (nSPS) is 10.9. The van der Waals surface area contributed by atoms with Gasteiger partial charge in [-0.3, -0.25) is 14.2 Å². The summed E-state index contributed by atoms with van der Waals surface area (Å²) in [6.07, 6.45) is 2.68. The molecule has 3 aromatic rings. The van der Waals surface area contributed by atoms with E-state index in [9.17, 15) is 14.7 Å². The van der Waals surface area contributed by atoms with E-state index in [-0.39, 0.29) is 12.1 Å². The fourth-order valence-corrected chi connectivity index (χ4v) is 2.28. The third-order valence-electron chi connectivity index (χ3n) is 3.07. The summed E-state index contributed by atoms with van der Waals surface area (Å²) in [6, 6.07) is 8.21. The van der Waals surface area contributed by atoms with Crippen LogP contribution in [0.5, 0.6) is 5.75 Å². The van der Waals surface area contributed by atoms with Gasteiger partial charge in [-0.2, -0.15) is 5.10 Å². The third kappa shape index (κ3) is 2.41. The molecule has 2 heterocycles. The van der Waals surface area contributed by atoms with Gasteiger partial charge < -0.3 is 5.11 Å². The van der Waals surface area contributed by atoms with Crippen LogP contribution < -0.4 is 11.0 Å². The zero-order chi connectivity index (χ0) is 15.0. The number of hydrogen-bond acceptors (Lipinski definition) is 4. The van der Waals surface area contributed by atoms with Gasteiger partial charge in [0.2, 0.25) is 5.43 Å². The summed E-state index contributed by atoms with van der Waals surface area (Å²) in [4.78, 5) is 23.8. The zero-order valence-corrected chi connectivity index (χ0v) is 11.5. The van der Waals surface area contributed by atoms with Crippen molar-refractivity contribution in [2.45, 2.75) is 6.54 Å². The smallest absolute Gasteiger partial charge is 0.282 e. The minimum absolute atomic E-state index is 0.146. The summed E-state index contributed by atoms with van der Waals surface area (Å²) in [5.41, 5.74) is -0.449. The van der Waals surface area contributed by atoms with Gasteiger partial charge >= 0.3 is 0 Å². The summed E-state index contributed by atoms with van der Waals surface area (Å²) >= 11 is 5.90. The second kappa shape index (κ2) is 5.06. The Morgan fingerprint density at radius 2 is 2.05 bits per heavy atom. The van der Waals surface area contributed by atoms with Crippen molar-refractivity contribution in [3.63, 3.8) is 0 Å². The molecule has 1 N–H and O–H groups in total. The monoisotopic (exact) mass is 303 g/mol. The van der Waals surface area contributed by atoms with Crippen LogP contribution in [0.1, 0.15) is 5.56 Å². The van der Waals surface area contributed by atoms with E-state index >= 15 is 0 Å². The molecule has 0 atom stereocenters. The van der Waals surface area contributed by atoms with E-state index in [2.05, 4.69) is 5.10 Å². The third-order valence-corrected chi connectivity index (χ3v) is 3.31. The van der Waals surface area contributed by atoms with Crippen molar-refractivity contribution < 1.29 is 5.11 Å². The first-order valence-electron chi connectivity index (χ1n) is 6.11. The molecule has 0 spiro atoms. The molecular weight excluding hydrogens is 294 g/mol. The number of aromatic nitrogens is 3. The van der Waals surface area contributed by atoms with E-state index in [1.165, 1.54) is 21.6 Å². The summed E-state index contributed by atoms with van der Waals surface area (Å²) in [6.45, 7) is 0.241. The summed E-state index contributed by atoms with van der Waals surface area (Å²) < 4.78 is 2.48. The largest absolute Gasteiger partial charge is 0.502 e. The molecule has 0 amide bonds. The lowest BCUT2D eigenvalue weighted by Gasteiger charge is -2.08. The Balaban J connectivity index is 2.16. The topological polar surface area (TPSA) is 76.6 Å². The number of hydrogen-bond donors (Lipinski definition) is 1. The first kappa shape index (κ1) is 13.4. The first-order chi connectivity index (χ1) is 10.1. The van der Waals surface area contributed by atoms with Crippen LogP contribution in [-0.2, 0) is 6.54 Å². The van der Waals surface area contributed by atoms with Crippen LogP contribution in [-0.4, -0.2) is 19.3 Å². The average molecular weight is 304 g/mol. The number of benzene rings is 1. The Bertz CT molecular complexity index is 946.